The van der Waals surface area contributed by atoms with Gasteiger partial charge in [0.25, 0.3) is 15.9 Å². The van der Waals surface area contributed by atoms with E-state index in [0.717, 1.165) is 18.7 Å². The fraction of sp³-hybridized carbons (Fsp3) is 0.0909. The van der Waals surface area contributed by atoms with E-state index in [9.17, 15) is 18.0 Å². The van der Waals surface area contributed by atoms with E-state index in [1.165, 1.54) is 30.5 Å². The first kappa shape index (κ1) is 15.1. The van der Waals surface area contributed by atoms with Crippen LogP contribution in [0.15, 0.2) is 35.4 Å². The van der Waals surface area contributed by atoms with Crippen molar-refractivity contribution in [3.63, 3.8) is 0 Å². The summed E-state index contributed by atoms with van der Waals surface area (Å²) < 4.78 is 32.8. The third kappa shape index (κ3) is 3.83. The lowest BCUT2D eigenvalue weighted by molar-refractivity contribution is -0.117. The highest BCUT2D eigenvalue weighted by Crippen LogP contribution is 2.14. The van der Waals surface area contributed by atoms with Crippen LogP contribution < -0.4 is 10.0 Å². The molecule has 0 aliphatic rings. The first-order chi connectivity index (χ1) is 9.88. The third-order valence-corrected chi connectivity index (χ3v) is 4.22. The van der Waals surface area contributed by atoms with Crippen LogP contribution in [0.2, 0.25) is 0 Å². The lowest BCUT2D eigenvalue weighted by atomic mass is 10.3. The van der Waals surface area contributed by atoms with Gasteiger partial charge in [0, 0.05) is 12.6 Å². The Labute approximate surface area is 124 Å². The Balaban J connectivity index is 2.12. The van der Waals surface area contributed by atoms with Gasteiger partial charge in [-0.05, 0) is 24.3 Å². The summed E-state index contributed by atoms with van der Waals surface area (Å²) in [7, 11) is -3.88. The summed E-state index contributed by atoms with van der Waals surface area (Å²) in [6, 6.07) is 5.37. The van der Waals surface area contributed by atoms with Gasteiger partial charge in [-0.1, -0.05) is 0 Å². The van der Waals surface area contributed by atoms with E-state index >= 15 is 0 Å². The first-order valence-electron chi connectivity index (χ1n) is 5.61. The lowest BCUT2D eigenvalue weighted by Gasteiger charge is -2.06. The summed E-state index contributed by atoms with van der Waals surface area (Å²) in [6.45, 7) is 1.11. The molecule has 1 heterocycles. The van der Waals surface area contributed by atoms with Gasteiger partial charge in [0.15, 0.2) is 5.69 Å². The summed E-state index contributed by atoms with van der Waals surface area (Å²) in [5.41, 5.74) is 0.574. The molecular weight excluding hydrogens is 316 g/mol. The van der Waals surface area contributed by atoms with E-state index in [1.807, 2.05) is 4.72 Å². The van der Waals surface area contributed by atoms with E-state index < -0.39 is 21.8 Å². The highest BCUT2D eigenvalue weighted by molar-refractivity contribution is 7.90. The SMILES string of the molecule is CC(=O)NS(=O)(=O)c1ccc(NC(=O)c2cnsn2)cc1. The molecule has 0 aliphatic heterocycles. The molecule has 21 heavy (non-hydrogen) atoms. The van der Waals surface area contributed by atoms with Gasteiger partial charge in [-0.2, -0.15) is 8.75 Å². The Kier molecular flexibility index (Phi) is 4.29. The number of nitrogens with one attached hydrogen (secondary N) is 2. The number of carbonyl (C=O) groups excluding carboxylic acids is 2. The van der Waals surface area contributed by atoms with E-state index in [-0.39, 0.29) is 10.6 Å². The van der Waals surface area contributed by atoms with Crippen molar-refractivity contribution in [1.82, 2.24) is 13.5 Å². The normalized spacial score (nSPS) is 10.9. The van der Waals surface area contributed by atoms with Gasteiger partial charge >= 0.3 is 0 Å². The molecular formula is C11H10N4O4S2. The number of amides is 2. The lowest BCUT2D eigenvalue weighted by Crippen LogP contribution is -2.28. The molecule has 2 amide bonds. The van der Waals surface area contributed by atoms with Crippen molar-refractivity contribution in [2.24, 2.45) is 0 Å². The van der Waals surface area contributed by atoms with Crippen LogP contribution in [0.1, 0.15) is 17.4 Å². The standard InChI is InChI=1S/C11H10N4O4S2/c1-7(16)15-21(18,19)9-4-2-8(3-5-9)13-11(17)10-6-12-20-14-10/h2-6H,1H3,(H,13,17)(H,15,16). The van der Waals surface area contributed by atoms with Crippen LogP contribution in [0.4, 0.5) is 5.69 Å². The van der Waals surface area contributed by atoms with Gasteiger partial charge in [-0.15, -0.1) is 0 Å². The summed E-state index contributed by atoms with van der Waals surface area (Å²) in [4.78, 5) is 22.5. The molecule has 1 aromatic carbocycles. The van der Waals surface area contributed by atoms with E-state index in [2.05, 4.69) is 14.1 Å². The van der Waals surface area contributed by atoms with Gasteiger partial charge in [-0.25, -0.2) is 13.1 Å². The Morgan fingerprint density at radius 1 is 1.19 bits per heavy atom. The van der Waals surface area contributed by atoms with Crippen molar-refractivity contribution >= 4 is 39.3 Å². The highest BCUT2D eigenvalue weighted by Gasteiger charge is 2.15. The molecule has 0 radical (unpaired) electrons. The number of hydrogen-bond donors (Lipinski definition) is 2. The van der Waals surface area contributed by atoms with Crippen LogP contribution in [0.5, 0.6) is 0 Å². The molecule has 0 saturated heterocycles. The van der Waals surface area contributed by atoms with E-state index in [4.69, 9.17) is 0 Å². The van der Waals surface area contributed by atoms with Crippen LogP contribution in [0.3, 0.4) is 0 Å². The second-order valence-corrected chi connectivity index (χ2v) is 6.17. The maximum Gasteiger partial charge on any atom is 0.277 e. The fourth-order valence-corrected chi connectivity index (χ4v) is 2.83. The Bertz CT molecular complexity index is 754. The Hall–Kier alpha value is -2.33. The zero-order valence-corrected chi connectivity index (χ0v) is 12.4. The number of hydrogen-bond acceptors (Lipinski definition) is 7. The molecule has 0 aliphatic carbocycles. The third-order valence-electron chi connectivity index (χ3n) is 2.29. The summed E-state index contributed by atoms with van der Waals surface area (Å²) in [5.74, 6) is -1.12. The summed E-state index contributed by atoms with van der Waals surface area (Å²) >= 11 is 0.910. The number of sulfonamides is 1. The summed E-state index contributed by atoms with van der Waals surface area (Å²) in [6.07, 6.45) is 1.33. The van der Waals surface area contributed by atoms with Crippen molar-refractivity contribution in [2.45, 2.75) is 11.8 Å². The van der Waals surface area contributed by atoms with Crippen molar-refractivity contribution in [3.05, 3.63) is 36.2 Å². The monoisotopic (exact) mass is 326 g/mol. The van der Waals surface area contributed by atoms with Crippen molar-refractivity contribution < 1.29 is 18.0 Å². The molecule has 0 fully saturated rings. The van der Waals surface area contributed by atoms with Crippen LogP contribution in [0.25, 0.3) is 0 Å². The van der Waals surface area contributed by atoms with Crippen LogP contribution >= 0.6 is 11.7 Å². The second-order valence-electron chi connectivity index (χ2n) is 3.93. The van der Waals surface area contributed by atoms with Crippen LogP contribution in [-0.4, -0.2) is 29.0 Å². The molecule has 1 aromatic heterocycles. The van der Waals surface area contributed by atoms with Crippen molar-refractivity contribution in [3.8, 4) is 0 Å². The number of benzene rings is 1. The van der Waals surface area contributed by atoms with E-state index in [0.29, 0.717) is 5.69 Å². The number of aromatic nitrogens is 2. The molecule has 8 nitrogen and oxygen atoms in total. The van der Waals surface area contributed by atoms with Gasteiger partial charge in [0.1, 0.15) is 0 Å². The minimum atomic E-state index is -3.88. The van der Waals surface area contributed by atoms with Gasteiger partial charge in [0.05, 0.1) is 22.8 Å². The molecule has 0 saturated carbocycles. The fourth-order valence-electron chi connectivity index (χ4n) is 1.43. The molecule has 0 spiro atoms. The first-order valence-corrected chi connectivity index (χ1v) is 7.82. The van der Waals surface area contributed by atoms with Crippen LogP contribution in [0, 0.1) is 0 Å². The maximum absolute atomic E-state index is 11.7. The number of anilines is 1. The number of nitrogens with zero attached hydrogens (tertiary/aromatic N) is 2. The largest absolute Gasteiger partial charge is 0.321 e. The minimum absolute atomic E-state index is 0.0778. The number of carbonyl (C=O) groups is 2. The van der Waals surface area contributed by atoms with Crippen LogP contribution in [-0.2, 0) is 14.8 Å². The van der Waals surface area contributed by atoms with E-state index in [1.54, 1.807) is 0 Å². The predicted molar refractivity (Wildman–Crippen MR) is 75.3 cm³/mol. The van der Waals surface area contributed by atoms with Gasteiger partial charge < -0.3 is 5.32 Å². The Morgan fingerprint density at radius 3 is 2.38 bits per heavy atom. The Morgan fingerprint density at radius 2 is 1.86 bits per heavy atom. The molecule has 0 atom stereocenters. The molecule has 0 bridgehead atoms. The smallest absolute Gasteiger partial charge is 0.277 e. The number of rotatable bonds is 4. The average molecular weight is 326 g/mol. The molecule has 2 rings (SSSR count). The molecule has 110 valence electrons. The minimum Gasteiger partial charge on any atom is -0.321 e. The highest BCUT2D eigenvalue weighted by atomic mass is 32.2. The predicted octanol–water partition coefficient (Wildman–Crippen LogP) is 0.615. The topological polar surface area (TPSA) is 118 Å². The molecule has 10 heteroatoms. The molecule has 2 N–H and O–H groups in total. The van der Waals surface area contributed by atoms with Gasteiger partial charge in [0.2, 0.25) is 5.91 Å². The maximum atomic E-state index is 11.7. The van der Waals surface area contributed by atoms with Gasteiger partial charge in [-0.3, -0.25) is 9.59 Å². The summed E-state index contributed by atoms with van der Waals surface area (Å²) in [5, 5.41) is 2.55. The average Bonchev–Trinajstić information content (AvgIpc) is 2.91. The second kappa shape index (κ2) is 5.97. The molecule has 0 unspecified atom stereocenters. The zero-order valence-electron chi connectivity index (χ0n) is 10.7. The van der Waals surface area contributed by atoms with Crippen molar-refractivity contribution in [1.29, 1.82) is 0 Å². The quantitative estimate of drug-likeness (QED) is 0.850. The molecule has 2 aromatic rings. The van der Waals surface area contributed by atoms with Crippen molar-refractivity contribution in [2.75, 3.05) is 5.32 Å². The zero-order chi connectivity index (χ0) is 15.5.